The van der Waals surface area contributed by atoms with Crippen molar-refractivity contribution in [1.82, 2.24) is 9.97 Å². The van der Waals surface area contributed by atoms with Crippen LogP contribution in [0.15, 0.2) is 28.0 Å². The number of H-pyrrole nitrogens is 1. The number of nitrogens with one attached hydrogen (secondary N) is 1. The van der Waals surface area contributed by atoms with Crippen LogP contribution in [-0.2, 0) is 0 Å². The Morgan fingerprint density at radius 2 is 1.94 bits per heavy atom. The molecule has 0 amide bonds. The van der Waals surface area contributed by atoms with E-state index < -0.39 is 0 Å². The highest BCUT2D eigenvalue weighted by atomic mass is 79.9. The topological polar surface area (TPSA) is 47.1 Å². The van der Waals surface area contributed by atoms with E-state index in [9.17, 15) is 0 Å². The molecule has 18 heavy (non-hydrogen) atoms. The number of halogens is 1. The van der Waals surface area contributed by atoms with Crippen LogP contribution in [0.25, 0.3) is 11.3 Å². The summed E-state index contributed by atoms with van der Waals surface area (Å²) in [5, 5.41) is 0. The molecule has 0 aliphatic carbocycles. The number of methoxy groups -OCH3 is 2. The summed E-state index contributed by atoms with van der Waals surface area (Å²) in [5.41, 5.74) is 1.80. The molecule has 0 fully saturated rings. The van der Waals surface area contributed by atoms with Gasteiger partial charge in [-0.2, -0.15) is 0 Å². The van der Waals surface area contributed by atoms with E-state index in [-0.39, 0.29) is 0 Å². The second-order valence-corrected chi connectivity index (χ2v) is 5.09. The number of aromatic amines is 1. The molecule has 0 radical (unpaired) electrons. The average Bonchev–Trinajstić information content (AvgIpc) is 2.83. The first-order valence-corrected chi connectivity index (χ1v) is 7.22. The maximum atomic E-state index is 5.42. The fourth-order valence-electron chi connectivity index (χ4n) is 1.67. The van der Waals surface area contributed by atoms with E-state index in [1.165, 1.54) is 0 Å². The van der Waals surface area contributed by atoms with Gasteiger partial charge in [0.05, 0.1) is 31.0 Å². The standard InChI is InChI=1S/C12H13BrN2O2S/c1-16-9-5-11(18-3)10(17-2)4-7(9)8-6-14-12(13)15-8/h4-6H,1-3H3,(H,14,15). The Bertz CT molecular complexity index is 557. The Kier molecular flexibility index (Phi) is 4.19. The van der Waals surface area contributed by atoms with Gasteiger partial charge >= 0.3 is 0 Å². The molecule has 0 atom stereocenters. The minimum Gasteiger partial charge on any atom is -0.496 e. The van der Waals surface area contributed by atoms with Gasteiger partial charge in [0.25, 0.3) is 0 Å². The van der Waals surface area contributed by atoms with Gasteiger partial charge in [0.2, 0.25) is 0 Å². The Morgan fingerprint density at radius 1 is 1.22 bits per heavy atom. The summed E-state index contributed by atoms with van der Waals surface area (Å²) >= 11 is 4.92. The summed E-state index contributed by atoms with van der Waals surface area (Å²) in [6, 6.07) is 3.91. The van der Waals surface area contributed by atoms with E-state index >= 15 is 0 Å². The minimum absolute atomic E-state index is 0.687. The predicted octanol–water partition coefficient (Wildman–Crippen LogP) is 3.58. The van der Waals surface area contributed by atoms with Crippen LogP contribution in [-0.4, -0.2) is 30.4 Å². The molecule has 1 aromatic carbocycles. The van der Waals surface area contributed by atoms with Crippen molar-refractivity contribution in [2.75, 3.05) is 20.5 Å². The number of hydrogen-bond acceptors (Lipinski definition) is 4. The Labute approximate surface area is 118 Å². The summed E-state index contributed by atoms with van der Waals surface area (Å²) in [5.74, 6) is 1.61. The van der Waals surface area contributed by atoms with Crippen molar-refractivity contribution in [1.29, 1.82) is 0 Å². The zero-order chi connectivity index (χ0) is 13.1. The molecule has 1 aromatic heterocycles. The summed E-state index contributed by atoms with van der Waals surface area (Å²) in [6.45, 7) is 0. The first kappa shape index (κ1) is 13.3. The molecule has 0 bridgehead atoms. The zero-order valence-electron chi connectivity index (χ0n) is 10.3. The molecule has 0 spiro atoms. The van der Waals surface area contributed by atoms with Crippen LogP contribution in [0, 0.1) is 0 Å². The van der Waals surface area contributed by atoms with Crippen molar-refractivity contribution >= 4 is 27.7 Å². The van der Waals surface area contributed by atoms with Crippen molar-refractivity contribution in [2.45, 2.75) is 4.90 Å². The fourth-order valence-corrected chi connectivity index (χ4v) is 2.56. The second-order valence-electron chi connectivity index (χ2n) is 3.50. The summed E-state index contributed by atoms with van der Waals surface area (Å²) < 4.78 is 11.5. The number of nitrogens with zero attached hydrogens (tertiary/aromatic N) is 1. The van der Waals surface area contributed by atoms with Crippen molar-refractivity contribution in [3.8, 4) is 22.8 Å². The predicted molar refractivity (Wildman–Crippen MR) is 76.6 cm³/mol. The summed E-state index contributed by atoms with van der Waals surface area (Å²) in [4.78, 5) is 8.28. The lowest BCUT2D eigenvalue weighted by Gasteiger charge is -2.12. The van der Waals surface area contributed by atoms with Gasteiger partial charge in [-0.05, 0) is 34.3 Å². The van der Waals surface area contributed by atoms with Gasteiger partial charge in [-0.3, -0.25) is 0 Å². The molecule has 0 saturated heterocycles. The first-order valence-electron chi connectivity index (χ1n) is 5.20. The van der Waals surface area contributed by atoms with Crippen LogP contribution in [0.3, 0.4) is 0 Å². The van der Waals surface area contributed by atoms with Crippen LogP contribution in [0.5, 0.6) is 11.5 Å². The van der Waals surface area contributed by atoms with Gasteiger partial charge in [-0.1, -0.05) is 0 Å². The highest BCUT2D eigenvalue weighted by Gasteiger charge is 2.13. The Morgan fingerprint density at radius 3 is 2.44 bits per heavy atom. The molecule has 2 rings (SSSR count). The van der Waals surface area contributed by atoms with Crippen LogP contribution in [0.2, 0.25) is 0 Å². The van der Waals surface area contributed by atoms with E-state index in [2.05, 4.69) is 25.9 Å². The SMILES string of the molecule is COc1cc(-c2cnc(Br)[nH]2)c(OC)cc1SC. The normalized spacial score (nSPS) is 10.4. The molecule has 1 heterocycles. The van der Waals surface area contributed by atoms with Crippen molar-refractivity contribution < 1.29 is 9.47 Å². The number of imidazole rings is 1. The smallest absolute Gasteiger partial charge is 0.174 e. The van der Waals surface area contributed by atoms with Gasteiger partial charge in [0.15, 0.2) is 4.73 Å². The number of rotatable bonds is 4. The van der Waals surface area contributed by atoms with Crippen molar-refractivity contribution in [3.63, 3.8) is 0 Å². The van der Waals surface area contributed by atoms with Gasteiger partial charge in [-0.25, -0.2) is 4.98 Å². The average molecular weight is 329 g/mol. The molecule has 0 unspecified atom stereocenters. The van der Waals surface area contributed by atoms with Gasteiger partial charge in [0, 0.05) is 5.56 Å². The monoisotopic (exact) mass is 328 g/mol. The third-order valence-electron chi connectivity index (χ3n) is 2.54. The summed E-state index contributed by atoms with van der Waals surface area (Å²) in [7, 11) is 3.31. The minimum atomic E-state index is 0.687. The zero-order valence-corrected chi connectivity index (χ0v) is 12.7. The number of aromatic nitrogens is 2. The fraction of sp³-hybridized carbons (Fsp3) is 0.250. The highest BCUT2D eigenvalue weighted by Crippen LogP contribution is 2.39. The van der Waals surface area contributed by atoms with E-state index in [1.54, 1.807) is 32.2 Å². The van der Waals surface area contributed by atoms with Crippen LogP contribution >= 0.6 is 27.7 Å². The molecule has 0 aliphatic heterocycles. The quantitative estimate of drug-likeness (QED) is 0.871. The summed E-state index contributed by atoms with van der Waals surface area (Å²) in [6.07, 6.45) is 3.75. The number of hydrogen-bond donors (Lipinski definition) is 1. The van der Waals surface area contributed by atoms with Gasteiger partial charge in [-0.15, -0.1) is 11.8 Å². The van der Waals surface area contributed by atoms with Crippen molar-refractivity contribution in [2.24, 2.45) is 0 Å². The molecular weight excluding hydrogens is 316 g/mol. The number of thioether (sulfide) groups is 1. The van der Waals surface area contributed by atoms with E-state index in [4.69, 9.17) is 9.47 Å². The molecular formula is C12H13BrN2O2S. The Balaban J connectivity index is 2.58. The Hall–Kier alpha value is -1.14. The van der Waals surface area contributed by atoms with Gasteiger partial charge in [0.1, 0.15) is 11.5 Å². The van der Waals surface area contributed by atoms with E-state index in [1.807, 2.05) is 18.4 Å². The third-order valence-corrected chi connectivity index (χ3v) is 3.70. The third kappa shape index (κ3) is 2.49. The molecule has 96 valence electrons. The molecule has 0 aliphatic rings. The van der Waals surface area contributed by atoms with E-state index in [0.29, 0.717) is 4.73 Å². The van der Waals surface area contributed by atoms with Crippen molar-refractivity contribution in [3.05, 3.63) is 23.1 Å². The van der Waals surface area contributed by atoms with Crippen LogP contribution in [0.4, 0.5) is 0 Å². The number of ether oxygens (including phenoxy) is 2. The lowest BCUT2D eigenvalue weighted by Crippen LogP contribution is -1.93. The molecule has 0 saturated carbocycles. The second kappa shape index (κ2) is 5.67. The first-order chi connectivity index (χ1) is 8.69. The molecule has 6 heteroatoms. The maximum Gasteiger partial charge on any atom is 0.174 e. The molecule has 1 N–H and O–H groups in total. The van der Waals surface area contributed by atoms with E-state index in [0.717, 1.165) is 27.7 Å². The lowest BCUT2D eigenvalue weighted by molar-refractivity contribution is 0.395. The highest BCUT2D eigenvalue weighted by molar-refractivity contribution is 9.10. The largest absolute Gasteiger partial charge is 0.496 e. The van der Waals surface area contributed by atoms with Gasteiger partial charge < -0.3 is 14.5 Å². The molecule has 2 aromatic rings. The lowest BCUT2D eigenvalue weighted by atomic mass is 10.1. The molecule has 4 nitrogen and oxygen atoms in total. The number of benzene rings is 1. The van der Waals surface area contributed by atoms with Crippen LogP contribution in [0.1, 0.15) is 0 Å². The van der Waals surface area contributed by atoms with Crippen LogP contribution < -0.4 is 9.47 Å². The maximum absolute atomic E-state index is 5.42.